The highest BCUT2D eigenvalue weighted by Crippen LogP contribution is 2.46. The second-order valence-corrected chi connectivity index (χ2v) is 8.32. The Morgan fingerprint density at radius 2 is 0.914 bits per heavy atom. The predicted octanol–water partition coefficient (Wildman–Crippen LogP) is 0.521. The summed E-state index contributed by atoms with van der Waals surface area (Å²) in [6.45, 7) is 0. The minimum Gasteiger partial charge on any atom is -0.386 e. The Labute approximate surface area is 194 Å². The molecule has 0 N–H and O–H groups in total. The zero-order valence-electron chi connectivity index (χ0n) is 17.4. The van der Waals surface area contributed by atoms with Crippen LogP contribution in [0.4, 0.5) is 11.4 Å². The van der Waals surface area contributed by atoms with Gasteiger partial charge in [-0.25, -0.2) is 29.0 Å². The summed E-state index contributed by atoms with van der Waals surface area (Å²) in [5.41, 5.74) is -2.45. The highest BCUT2D eigenvalue weighted by molar-refractivity contribution is 6.38. The van der Waals surface area contributed by atoms with Crippen LogP contribution in [0.3, 0.4) is 0 Å². The monoisotopic (exact) mass is 474 g/mol. The van der Waals surface area contributed by atoms with Crippen LogP contribution in [-0.2, 0) is 28.7 Å². The van der Waals surface area contributed by atoms with Gasteiger partial charge in [0.1, 0.15) is 5.41 Å². The molecule has 2 fully saturated rings. The van der Waals surface area contributed by atoms with E-state index < -0.39 is 65.8 Å². The summed E-state index contributed by atoms with van der Waals surface area (Å²) in [4.78, 5) is 101. The Morgan fingerprint density at radius 1 is 0.543 bits per heavy atom. The number of nitrogens with zero attached hydrogens (tertiary/aromatic N) is 2. The van der Waals surface area contributed by atoms with Crippen molar-refractivity contribution in [2.24, 2.45) is 5.41 Å². The summed E-state index contributed by atoms with van der Waals surface area (Å²) in [5.74, 6) is -7.08. The van der Waals surface area contributed by atoms with Crippen molar-refractivity contribution in [1.82, 2.24) is 0 Å². The third kappa shape index (κ3) is 2.55. The Balaban J connectivity index is 1.36. The zero-order valence-corrected chi connectivity index (χ0v) is 17.4. The van der Waals surface area contributed by atoms with Crippen molar-refractivity contribution in [2.45, 2.75) is 12.8 Å². The van der Waals surface area contributed by atoms with Crippen LogP contribution >= 0.6 is 0 Å². The molecule has 2 aromatic rings. The number of imide groups is 2. The number of carbonyl (C=O) groups excluding carboxylic acids is 8. The van der Waals surface area contributed by atoms with E-state index in [-0.39, 0.29) is 33.6 Å². The lowest BCUT2D eigenvalue weighted by atomic mass is 9.84. The molecule has 6 rings (SSSR count). The standard InChI is InChI=1S/C23H10N2O10/c26-15-7-23(21(32)24(15)9-1-3-11-13(5-9)19(30)34-17(11)28)8-16(27)25(22(23)33)10-2-4-12-14(6-10)20(31)35-18(12)29/h1-6H,7-8H2. The molecule has 4 aliphatic heterocycles. The van der Waals surface area contributed by atoms with E-state index >= 15 is 0 Å². The van der Waals surface area contributed by atoms with E-state index in [0.717, 1.165) is 12.1 Å². The molecule has 0 saturated carbocycles. The van der Waals surface area contributed by atoms with Gasteiger partial charge < -0.3 is 9.47 Å². The number of amides is 4. The van der Waals surface area contributed by atoms with Crippen LogP contribution in [-0.4, -0.2) is 47.5 Å². The van der Waals surface area contributed by atoms with Crippen LogP contribution in [0.25, 0.3) is 0 Å². The van der Waals surface area contributed by atoms with Crippen molar-refractivity contribution in [1.29, 1.82) is 0 Å². The molecule has 35 heavy (non-hydrogen) atoms. The summed E-state index contributed by atoms with van der Waals surface area (Å²) in [7, 11) is 0. The number of carbonyl (C=O) groups is 8. The van der Waals surface area contributed by atoms with Crippen molar-refractivity contribution in [2.75, 3.05) is 9.80 Å². The molecule has 0 aliphatic carbocycles. The van der Waals surface area contributed by atoms with E-state index in [9.17, 15) is 38.4 Å². The molecular weight excluding hydrogens is 464 g/mol. The normalized spacial score (nSPS) is 20.2. The lowest BCUT2D eigenvalue weighted by molar-refractivity contribution is -0.136. The van der Waals surface area contributed by atoms with Gasteiger partial charge in [-0.05, 0) is 36.4 Å². The highest BCUT2D eigenvalue weighted by Gasteiger charge is 2.64. The van der Waals surface area contributed by atoms with E-state index in [2.05, 4.69) is 9.47 Å². The van der Waals surface area contributed by atoms with Crippen LogP contribution in [0.2, 0.25) is 0 Å². The highest BCUT2D eigenvalue weighted by atomic mass is 16.6. The number of hydrogen-bond acceptors (Lipinski definition) is 10. The summed E-state index contributed by atoms with van der Waals surface area (Å²) in [5, 5.41) is 0. The van der Waals surface area contributed by atoms with Gasteiger partial charge in [-0.15, -0.1) is 0 Å². The number of fused-ring (bicyclic) bond motifs is 2. The van der Waals surface area contributed by atoms with Gasteiger partial charge in [-0.2, -0.15) is 0 Å². The minimum absolute atomic E-state index is 0.0283. The summed E-state index contributed by atoms with van der Waals surface area (Å²) >= 11 is 0. The first kappa shape index (κ1) is 20.6. The van der Waals surface area contributed by atoms with Crippen molar-refractivity contribution < 1.29 is 47.8 Å². The maximum atomic E-state index is 13.4. The van der Waals surface area contributed by atoms with E-state index in [1.807, 2.05) is 0 Å². The molecule has 2 aromatic carbocycles. The van der Waals surface area contributed by atoms with Crippen LogP contribution in [0, 0.1) is 5.41 Å². The van der Waals surface area contributed by atoms with Gasteiger partial charge in [0.2, 0.25) is 11.8 Å². The van der Waals surface area contributed by atoms with Gasteiger partial charge in [-0.1, -0.05) is 0 Å². The molecule has 4 heterocycles. The van der Waals surface area contributed by atoms with Crippen LogP contribution < -0.4 is 9.80 Å². The smallest absolute Gasteiger partial charge is 0.346 e. The molecule has 0 aromatic heterocycles. The van der Waals surface area contributed by atoms with E-state index in [1.165, 1.54) is 24.3 Å². The van der Waals surface area contributed by atoms with Gasteiger partial charge in [0.05, 0.1) is 46.5 Å². The first-order valence-corrected chi connectivity index (χ1v) is 10.2. The van der Waals surface area contributed by atoms with Gasteiger partial charge in [0, 0.05) is 0 Å². The lowest BCUT2D eigenvalue weighted by Gasteiger charge is -2.21. The number of ether oxygens (including phenoxy) is 2. The number of hydrogen-bond donors (Lipinski definition) is 0. The average Bonchev–Trinajstić information content (AvgIpc) is 3.44. The molecule has 1 spiro atoms. The molecule has 12 heteroatoms. The molecule has 172 valence electrons. The molecule has 0 atom stereocenters. The summed E-state index contributed by atoms with van der Waals surface area (Å²) < 4.78 is 9.02. The molecular formula is C23H10N2O10. The zero-order chi connectivity index (χ0) is 24.8. The molecule has 0 bridgehead atoms. The van der Waals surface area contributed by atoms with Gasteiger partial charge in [-0.3, -0.25) is 19.2 Å². The average molecular weight is 474 g/mol. The lowest BCUT2D eigenvalue weighted by Crippen LogP contribution is -2.42. The predicted molar refractivity (Wildman–Crippen MR) is 109 cm³/mol. The Kier molecular flexibility index (Phi) is 3.84. The van der Waals surface area contributed by atoms with Crippen molar-refractivity contribution >= 4 is 58.9 Å². The summed E-state index contributed by atoms with van der Waals surface area (Å²) in [6.07, 6.45) is -1.20. The molecule has 0 radical (unpaired) electrons. The van der Waals surface area contributed by atoms with E-state index in [0.29, 0.717) is 9.80 Å². The minimum atomic E-state index is -2.02. The topological polar surface area (TPSA) is 162 Å². The molecule has 12 nitrogen and oxygen atoms in total. The SMILES string of the molecule is O=C1OC(=O)c2cc(N3C(=O)CC4(CC(=O)N(c5ccc6c(c5)C(=O)OC6=O)C4=O)C3=O)ccc21. The fourth-order valence-electron chi connectivity index (χ4n) is 4.73. The quantitative estimate of drug-likeness (QED) is 0.341. The van der Waals surface area contributed by atoms with Gasteiger partial charge in [0.25, 0.3) is 11.8 Å². The molecule has 2 saturated heterocycles. The number of esters is 4. The second kappa shape index (κ2) is 6.53. The number of cyclic esters (lactones) is 4. The van der Waals surface area contributed by atoms with E-state index in [4.69, 9.17) is 0 Å². The number of rotatable bonds is 2. The molecule has 4 amide bonds. The molecule has 4 aliphatic rings. The Bertz CT molecular complexity index is 1410. The maximum absolute atomic E-state index is 13.4. The maximum Gasteiger partial charge on any atom is 0.346 e. The fraction of sp³-hybridized carbons (Fsp3) is 0.130. The van der Waals surface area contributed by atoms with E-state index in [1.54, 1.807) is 0 Å². The van der Waals surface area contributed by atoms with Crippen LogP contribution in [0.1, 0.15) is 54.3 Å². The Hall–Kier alpha value is -5.00. The fourth-order valence-corrected chi connectivity index (χ4v) is 4.73. The van der Waals surface area contributed by atoms with Crippen LogP contribution in [0.5, 0.6) is 0 Å². The number of anilines is 2. The van der Waals surface area contributed by atoms with Crippen LogP contribution in [0.15, 0.2) is 36.4 Å². The largest absolute Gasteiger partial charge is 0.386 e. The van der Waals surface area contributed by atoms with Crippen molar-refractivity contribution in [3.8, 4) is 0 Å². The third-order valence-corrected chi connectivity index (χ3v) is 6.40. The van der Waals surface area contributed by atoms with Crippen molar-refractivity contribution in [3.63, 3.8) is 0 Å². The number of benzene rings is 2. The van der Waals surface area contributed by atoms with Gasteiger partial charge >= 0.3 is 23.9 Å². The Morgan fingerprint density at radius 3 is 1.31 bits per heavy atom. The first-order valence-electron chi connectivity index (χ1n) is 10.2. The van der Waals surface area contributed by atoms with Crippen molar-refractivity contribution in [3.05, 3.63) is 58.7 Å². The van der Waals surface area contributed by atoms with Gasteiger partial charge in [0.15, 0.2) is 0 Å². The summed E-state index contributed by atoms with van der Waals surface area (Å²) in [6, 6.07) is 7.24. The molecule has 0 unspecified atom stereocenters. The first-order chi connectivity index (χ1) is 16.6. The second-order valence-electron chi connectivity index (χ2n) is 8.32. The third-order valence-electron chi connectivity index (χ3n) is 6.40.